The molecule has 2 heterocycles. The molecule has 1 N–H and O–H groups in total. The lowest BCUT2D eigenvalue weighted by molar-refractivity contribution is -0.150. The van der Waals surface area contributed by atoms with Gasteiger partial charge >= 0.3 is 11.7 Å². The second-order valence-electron chi connectivity index (χ2n) is 8.32. The lowest BCUT2D eigenvalue weighted by Crippen LogP contribution is -2.45. The Labute approximate surface area is 198 Å². The summed E-state index contributed by atoms with van der Waals surface area (Å²) in [6.45, 7) is -0.386. The highest BCUT2D eigenvalue weighted by molar-refractivity contribution is 5.73. The summed E-state index contributed by atoms with van der Waals surface area (Å²) < 4.78 is 40.2. The van der Waals surface area contributed by atoms with E-state index in [1.807, 2.05) is 0 Å². The van der Waals surface area contributed by atoms with E-state index in [0.717, 1.165) is 16.7 Å². The number of hydrogen-bond acceptors (Lipinski definition) is 7. The number of halogens is 2. The highest BCUT2D eigenvalue weighted by atomic mass is 19.1. The molecule has 1 aliphatic carbocycles. The number of aromatic hydroxyl groups is 1. The van der Waals surface area contributed by atoms with Crippen LogP contribution in [0.2, 0.25) is 0 Å². The maximum atomic E-state index is 13.8. The van der Waals surface area contributed by atoms with Gasteiger partial charge in [0.1, 0.15) is 6.61 Å². The molecule has 1 unspecified atom stereocenters. The van der Waals surface area contributed by atoms with Gasteiger partial charge in [0.15, 0.2) is 17.4 Å². The zero-order chi connectivity index (χ0) is 25.3. The molecule has 35 heavy (non-hydrogen) atoms. The van der Waals surface area contributed by atoms with Crippen molar-refractivity contribution in [1.29, 1.82) is 0 Å². The highest BCUT2D eigenvalue weighted by Gasteiger charge is 2.30. The monoisotopic (exact) mass is 487 g/mol. The number of carbonyl (C=O) groups is 1. The van der Waals surface area contributed by atoms with Crippen LogP contribution in [0.1, 0.15) is 28.8 Å². The first-order valence-electron chi connectivity index (χ1n) is 10.8. The van der Waals surface area contributed by atoms with E-state index < -0.39 is 47.1 Å². The predicted octanol–water partition coefficient (Wildman–Crippen LogP) is 1.83. The van der Waals surface area contributed by atoms with Gasteiger partial charge in [0.2, 0.25) is 5.88 Å². The molecule has 0 amide bonds. The fourth-order valence-corrected chi connectivity index (χ4v) is 4.21. The van der Waals surface area contributed by atoms with Gasteiger partial charge in [0.25, 0.3) is 5.56 Å². The molecule has 1 aliphatic rings. The number of phenols is 1. The van der Waals surface area contributed by atoms with E-state index in [-0.39, 0.29) is 24.2 Å². The van der Waals surface area contributed by atoms with Crippen LogP contribution >= 0.6 is 0 Å². The molecule has 0 bridgehead atoms. The molecule has 1 atom stereocenters. The van der Waals surface area contributed by atoms with Crippen LogP contribution in [-0.2, 0) is 42.6 Å². The van der Waals surface area contributed by atoms with Crippen LogP contribution < -0.4 is 16.0 Å². The van der Waals surface area contributed by atoms with Crippen molar-refractivity contribution in [2.24, 2.45) is 13.0 Å². The number of pyridine rings is 1. The Morgan fingerprint density at radius 2 is 1.91 bits per heavy atom. The minimum atomic E-state index is -1.20. The Balaban J connectivity index is 1.57. The summed E-state index contributed by atoms with van der Waals surface area (Å²) in [6, 6.07) is 5.05. The second kappa shape index (κ2) is 9.69. The van der Waals surface area contributed by atoms with Crippen molar-refractivity contribution in [3.8, 4) is 11.6 Å². The van der Waals surface area contributed by atoms with Crippen molar-refractivity contribution in [1.82, 2.24) is 14.1 Å². The Hall–Kier alpha value is -4.02. The molecule has 4 rings (SSSR count). The van der Waals surface area contributed by atoms with Crippen LogP contribution in [-0.4, -0.2) is 32.3 Å². The maximum Gasteiger partial charge on any atom is 0.331 e. The first kappa shape index (κ1) is 24.1. The normalized spacial score (nSPS) is 14.9. The first-order valence-corrected chi connectivity index (χ1v) is 10.8. The molecule has 0 saturated carbocycles. The number of aromatic nitrogens is 3. The van der Waals surface area contributed by atoms with Crippen LogP contribution in [0.15, 0.2) is 40.1 Å². The van der Waals surface area contributed by atoms with Crippen LogP contribution in [0.25, 0.3) is 0 Å². The van der Waals surface area contributed by atoms with Crippen molar-refractivity contribution in [2.45, 2.75) is 32.4 Å². The Morgan fingerprint density at radius 3 is 2.60 bits per heavy atom. The molecule has 0 saturated heterocycles. The van der Waals surface area contributed by atoms with Gasteiger partial charge in [0.05, 0.1) is 19.6 Å². The fourth-order valence-electron chi connectivity index (χ4n) is 4.21. The molecule has 0 fully saturated rings. The van der Waals surface area contributed by atoms with Crippen molar-refractivity contribution >= 4 is 5.97 Å². The second-order valence-corrected chi connectivity index (χ2v) is 8.32. The third kappa shape index (κ3) is 4.79. The number of nitrogens with zero attached hydrogens (tertiary/aromatic N) is 3. The zero-order valence-corrected chi connectivity index (χ0v) is 19.1. The molecule has 0 aliphatic heterocycles. The number of ether oxygens (including phenoxy) is 2. The summed E-state index contributed by atoms with van der Waals surface area (Å²) in [5.41, 5.74) is 0.215. The molecule has 3 aromatic rings. The number of phenolic OH excluding ortho intramolecular Hbond substituents is 1. The molecular formula is C24H23F2N3O6. The smallest absolute Gasteiger partial charge is 0.331 e. The summed E-state index contributed by atoms with van der Waals surface area (Å²) >= 11 is 0. The Bertz CT molecular complexity index is 1390. The van der Waals surface area contributed by atoms with E-state index in [4.69, 9.17) is 9.47 Å². The standard InChI is InChI=1S/C24H23F2N3O6/c1-28-19-4-3-15(23(32)35-12-13-5-6-27-20(9-13)34-2)10-16(19)22(31)29(24(28)33)11-14-7-17(25)21(30)18(26)8-14/h5-9,15,30H,3-4,10-12H2,1-2H3. The number of methoxy groups -OCH3 is 1. The van der Waals surface area contributed by atoms with Crippen molar-refractivity contribution in [2.75, 3.05) is 7.11 Å². The zero-order valence-electron chi connectivity index (χ0n) is 19.1. The quantitative estimate of drug-likeness (QED) is 0.528. The van der Waals surface area contributed by atoms with E-state index in [0.29, 0.717) is 30.0 Å². The number of fused-ring (bicyclic) bond motifs is 1. The summed E-state index contributed by atoms with van der Waals surface area (Å²) in [5, 5.41) is 9.29. The Morgan fingerprint density at radius 1 is 1.20 bits per heavy atom. The lowest BCUT2D eigenvalue weighted by Gasteiger charge is -2.25. The largest absolute Gasteiger partial charge is 0.503 e. The fraction of sp³-hybridized carbons (Fsp3) is 0.333. The average molecular weight is 487 g/mol. The number of hydrogen-bond donors (Lipinski definition) is 1. The molecule has 9 nitrogen and oxygen atoms in total. The molecule has 184 valence electrons. The summed E-state index contributed by atoms with van der Waals surface area (Å²) in [5.74, 6) is -4.21. The molecule has 0 spiro atoms. The minimum Gasteiger partial charge on any atom is -0.503 e. The lowest BCUT2D eigenvalue weighted by atomic mass is 9.87. The summed E-state index contributed by atoms with van der Waals surface area (Å²) in [7, 11) is 2.98. The van der Waals surface area contributed by atoms with Gasteiger partial charge < -0.3 is 19.1 Å². The van der Waals surface area contributed by atoms with Gasteiger partial charge in [-0.1, -0.05) is 0 Å². The third-order valence-corrected chi connectivity index (χ3v) is 6.09. The van der Waals surface area contributed by atoms with Crippen LogP contribution in [0.4, 0.5) is 8.78 Å². The number of rotatable bonds is 6. The molecular weight excluding hydrogens is 464 g/mol. The maximum absolute atomic E-state index is 13.8. The van der Waals surface area contributed by atoms with Gasteiger partial charge in [-0.2, -0.15) is 0 Å². The molecule has 11 heteroatoms. The topological polar surface area (TPSA) is 113 Å². The van der Waals surface area contributed by atoms with Gasteiger partial charge in [-0.15, -0.1) is 0 Å². The number of esters is 1. The van der Waals surface area contributed by atoms with E-state index in [1.165, 1.54) is 24.9 Å². The van der Waals surface area contributed by atoms with E-state index in [2.05, 4.69) is 4.98 Å². The highest BCUT2D eigenvalue weighted by Crippen LogP contribution is 2.25. The van der Waals surface area contributed by atoms with E-state index in [1.54, 1.807) is 12.1 Å². The van der Waals surface area contributed by atoms with E-state index >= 15 is 0 Å². The first-order chi connectivity index (χ1) is 16.7. The average Bonchev–Trinajstić information content (AvgIpc) is 2.86. The SMILES string of the molecule is COc1cc(COC(=O)C2CCc3c(c(=O)n(Cc4cc(F)c(O)c(F)c4)c(=O)n3C)C2)ccn1. The summed E-state index contributed by atoms with van der Waals surface area (Å²) in [6.07, 6.45) is 2.33. The van der Waals surface area contributed by atoms with Crippen LogP contribution in [0, 0.1) is 17.6 Å². The third-order valence-electron chi connectivity index (χ3n) is 6.09. The predicted molar refractivity (Wildman–Crippen MR) is 119 cm³/mol. The van der Waals surface area contributed by atoms with Crippen LogP contribution in [0.3, 0.4) is 0 Å². The Kier molecular flexibility index (Phi) is 6.68. The minimum absolute atomic E-state index is 0.00324. The number of benzene rings is 1. The van der Waals surface area contributed by atoms with Gasteiger partial charge in [-0.3, -0.25) is 14.2 Å². The van der Waals surface area contributed by atoms with Crippen LogP contribution in [0.5, 0.6) is 11.6 Å². The molecule has 1 aromatic carbocycles. The molecule has 0 radical (unpaired) electrons. The number of carbonyl (C=O) groups excluding carboxylic acids is 1. The van der Waals surface area contributed by atoms with Gasteiger partial charge in [0, 0.05) is 30.6 Å². The van der Waals surface area contributed by atoms with Gasteiger partial charge in [-0.05, 0) is 48.6 Å². The van der Waals surface area contributed by atoms with Crippen molar-refractivity contribution < 1.29 is 28.2 Å². The molecule has 2 aromatic heterocycles. The van der Waals surface area contributed by atoms with E-state index in [9.17, 15) is 28.3 Å². The van der Waals surface area contributed by atoms with Crippen molar-refractivity contribution in [3.63, 3.8) is 0 Å². The summed E-state index contributed by atoms with van der Waals surface area (Å²) in [4.78, 5) is 42.7. The van der Waals surface area contributed by atoms with Gasteiger partial charge in [-0.25, -0.2) is 18.6 Å². The van der Waals surface area contributed by atoms with Crippen molar-refractivity contribution in [3.05, 3.63) is 85.3 Å².